The molecule has 1 aromatic rings. The van der Waals surface area contributed by atoms with E-state index in [0.717, 1.165) is 37.9 Å². The first-order valence-corrected chi connectivity index (χ1v) is 9.59. The van der Waals surface area contributed by atoms with Crippen LogP contribution in [0.3, 0.4) is 0 Å². The average molecular weight is 323 g/mol. The first-order chi connectivity index (χ1) is 10.6. The van der Waals surface area contributed by atoms with Gasteiger partial charge >= 0.3 is 0 Å². The molecule has 3 rings (SSSR count). The molecule has 2 fully saturated rings. The van der Waals surface area contributed by atoms with Crippen molar-refractivity contribution >= 4 is 15.7 Å². The molecule has 1 aliphatic heterocycles. The van der Waals surface area contributed by atoms with Crippen LogP contribution < -0.4 is 10.6 Å². The van der Waals surface area contributed by atoms with E-state index in [-0.39, 0.29) is 5.25 Å². The van der Waals surface area contributed by atoms with Crippen LogP contribution in [0.25, 0.3) is 0 Å². The molecule has 0 atom stereocenters. The Kier molecular flexibility index (Phi) is 4.70. The molecule has 2 aliphatic rings. The third-order valence-electron chi connectivity index (χ3n) is 4.63. The van der Waals surface area contributed by atoms with Gasteiger partial charge in [0.25, 0.3) is 0 Å². The van der Waals surface area contributed by atoms with Crippen molar-refractivity contribution in [3.63, 3.8) is 0 Å². The summed E-state index contributed by atoms with van der Waals surface area (Å²) in [5.74, 6) is 0. The molecule has 0 aromatic heterocycles. The van der Waals surface area contributed by atoms with E-state index in [1.807, 2.05) is 19.2 Å². The summed E-state index contributed by atoms with van der Waals surface area (Å²) in [6, 6.07) is 8.66. The van der Waals surface area contributed by atoms with Crippen molar-refractivity contribution in [2.45, 2.75) is 43.5 Å². The van der Waals surface area contributed by atoms with E-state index in [2.05, 4.69) is 22.8 Å². The van der Waals surface area contributed by atoms with E-state index in [1.54, 1.807) is 4.31 Å². The lowest BCUT2D eigenvalue weighted by Crippen LogP contribution is -2.45. The number of para-hydroxylation sites is 1. The molecule has 0 bridgehead atoms. The van der Waals surface area contributed by atoms with E-state index < -0.39 is 10.0 Å². The van der Waals surface area contributed by atoms with Crippen molar-refractivity contribution in [1.82, 2.24) is 9.62 Å². The zero-order valence-corrected chi connectivity index (χ0v) is 13.9. The molecule has 2 N–H and O–H groups in total. The average Bonchev–Trinajstić information content (AvgIpc) is 3.39. The van der Waals surface area contributed by atoms with Crippen LogP contribution in [0.15, 0.2) is 24.3 Å². The predicted octanol–water partition coefficient (Wildman–Crippen LogP) is 1.77. The highest BCUT2D eigenvalue weighted by atomic mass is 32.2. The topological polar surface area (TPSA) is 61.4 Å². The Morgan fingerprint density at radius 1 is 1.14 bits per heavy atom. The van der Waals surface area contributed by atoms with Crippen LogP contribution in [-0.4, -0.2) is 44.2 Å². The Balaban J connectivity index is 1.50. The Morgan fingerprint density at radius 3 is 2.45 bits per heavy atom. The number of rotatable bonds is 6. The van der Waals surface area contributed by atoms with Crippen LogP contribution in [0.2, 0.25) is 0 Å². The van der Waals surface area contributed by atoms with Crippen molar-refractivity contribution in [3.05, 3.63) is 29.8 Å². The third kappa shape index (κ3) is 3.45. The lowest BCUT2D eigenvalue weighted by molar-refractivity contribution is 0.288. The Labute approximate surface area is 133 Å². The monoisotopic (exact) mass is 323 g/mol. The highest BCUT2D eigenvalue weighted by Crippen LogP contribution is 2.32. The number of anilines is 1. The molecule has 0 radical (unpaired) electrons. The molecular formula is C16H25N3O2S. The first kappa shape index (κ1) is 15.8. The zero-order chi connectivity index (χ0) is 15.6. The van der Waals surface area contributed by atoms with Gasteiger partial charge in [-0.3, -0.25) is 0 Å². The van der Waals surface area contributed by atoms with Crippen molar-refractivity contribution in [2.75, 3.05) is 25.5 Å². The van der Waals surface area contributed by atoms with Crippen LogP contribution in [0, 0.1) is 0 Å². The van der Waals surface area contributed by atoms with Gasteiger partial charge in [0.1, 0.15) is 0 Å². The molecule has 5 nitrogen and oxygen atoms in total. The second-order valence-electron chi connectivity index (χ2n) is 6.21. The largest absolute Gasteiger partial charge is 0.388 e. The molecule has 1 heterocycles. The van der Waals surface area contributed by atoms with Gasteiger partial charge in [-0.1, -0.05) is 18.2 Å². The normalized spacial score (nSPS) is 21.0. The Morgan fingerprint density at radius 2 is 1.82 bits per heavy atom. The van der Waals surface area contributed by atoms with Crippen LogP contribution in [0.5, 0.6) is 0 Å². The van der Waals surface area contributed by atoms with Crippen molar-refractivity contribution in [1.29, 1.82) is 0 Å². The minimum atomic E-state index is -2.99. The first-order valence-electron chi connectivity index (χ1n) is 8.09. The molecule has 22 heavy (non-hydrogen) atoms. The maximum Gasteiger partial charge on any atom is 0.216 e. The van der Waals surface area contributed by atoms with Crippen LogP contribution in [-0.2, 0) is 16.6 Å². The predicted molar refractivity (Wildman–Crippen MR) is 89.4 cm³/mol. The molecule has 1 aromatic carbocycles. The summed E-state index contributed by atoms with van der Waals surface area (Å²) in [5.41, 5.74) is 2.39. The second kappa shape index (κ2) is 6.56. The van der Waals surface area contributed by atoms with Gasteiger partial charge in [0, 0.05) is 38.4 Å². The Bertz CT molecular complexity index is 606. The van der Waals surface area contributed by atoms with Crippen molar-refractivity contribution < 1.29 is 8.42 Å². The summed E-state index contributed by atoms with van der Waals surface area (Å²) in [7, 11) is -1.06. The van der Waals surface area contributed by atoms with E-state index >= 15 is 0 Å². The molecule has 6 heteroatoms. The maximum absolute atomic E-state index is 12.2. The highest BCUT2D eigenvalue weighted by Gasteiger charge is 2.41. The van der Waals surface area contributed by atoms with E-state index in [1.165, 1.54) is 5.56 Å². The smallest absolute Gasteiger partial charge is 0.216 e. The SMILES string of the molecule is CNc1ccccc1CNC1CCN(S(=O)(=O)C2CC2)CC1. The fourth-order valence-corrected chi connectivity index (χ4v) is 4.94. The van der Waals surface area contributed by atoms with Crippen molar-refractivity contribution in [3.8, 4) is 0 Å². The molecule has 0 amide bonds. The maximum atomic E-state index is 12.2. The summed E-state index contributed by atoms with van der Waals surface area (Å²) >= 11 is 0. The zero-order valence-electron chi connectivity index (χ0n) is 13.1. The fraction of sp³-hybridized carbons (Fsp3) is 0.625. The van der Waals surface area contributed by atoms with Gasteiger partial charge in [-0.25, -0.2) is 12.7 Å². The number of piperidine rings is 1. The molecule has 0 spiro atoms. The standard InChI is InChI=1S/C16H25N3O2S/c1-17-16-5-3-2-4-13(16)12-18-14-8-10-19(11-9-14)22(20,21)15-6-7-15/h2-5,14-15,17-18H,6-12H2,1H3. The van der Waals surface area contributed by atoms with Gasteiger partial charge in [-0.2, -0.15) is 0 Å². The molecular weight excluding hydrogens is 298 g/mol. The lowest BCUT2D eigenvalue weighted by atomic mass is 10.1. The highest BCUT2D eigenvalue weighted by molar-refractivity contribution is 7.90. The fourth-order valence-electron chi connectivity index (χ4n) is 3.06. The number of sulfonamides is 1. The van der Waals surface area contributed by atoms with Gasteiger partial charge in [0.05, 0.1) is 5.25 Å². The third-order valence-corrected chi connectivity index (χ3v) is 7.03. The van der Waals surface area contributed by atoms with Gasteiger partial charge < -0.3 is 10.6 Å². The molecule has 1 saturated carbocycles. The summed E-state index contributed by atoms with van der Waals surface area (Å²) in [4.78, 5) is 0. The van der Waals surface area contributed by atoms with Crippen LogP contribution in [0.4, 0.5) is 5.69 Å². The van der Waals surface area contributed by atoms with Gasteiger partial charge in [-0.15, -0.1) is 0 Å². The number of benzene rings is 1. The molecule has 1 aliphatic carbocycles. The molecule has 1 saturated heterocycles. The number of hydrogen-bond donors (Lipinski definition) is 2. The van der Waals surface area contributed by atoms with Gasteiger partial charge in [0.15, 0.2) is 0 Å². The summed E-state index contributed by atoms with van der Waals surface area (Å²) in [5, 5.41) is 6.69. The quantitative estimate of drug-likeness (QED) is 0.838. The van der Waals surface area contributed by atoms with E-state index in [0.29, 0.717) is 19.1 Å². The minimum Gasteiger partial charge on any atom is -0.388 e. The number of nitrogens with zero attached hydrogens (tertiary/aromatic N) is 1. The second-order valence-corrected chi connectivity index (χ2v) is 8.42. The minimum absolute atomic E-state index is 0.0838. The van der Waals surface area contributed by atoms with Crippen LogP contribution >= 0.6 is 0 Å². The molecule has 0 unspecified atom stereocenters. The Hall–Kier alpha value is -1.11. The van der Waals surface area contributed by atoms with Crippen LogP contribution in [0.1, 0.15) is 31.2 Å². The van der Waals surface area contributed by atoms with Gasteiger partial charge in [0.2, 0.25) is 10.0 Å². The summed E-state index contributed by atoms with van der Waals surface area (Å²) < 4.78 is 26.1. The van der Waals surface area contributed by atoms with E-state index in [9.17, 15) is 8.42 Å². The molecule has 122 valence electrons. The van der Waals surface area contributed by atoms with E-state index in [4.69, 9.17) is 0 Å². The summed E-state index contributed by atoms with van der Waals surface area (Å²) in [6.45, 7) is 2.13. The number of hydrogen-bond acceptors (Lipinski definition) is 4. The number of nitrogens with one attached hydrogen (secondary N) is 2. The van der Waals surface area contributed by atoms with Gasteiger partial charge in [-0.05, 0) is 37.3 Å². The van der Waals surface area contributed by atoms with Crippen molar-refractivity contribution in [2.24, 2.45) is 0 Å². The summed E-state index contributed by atoms with van der Waals surface area (Å²) in [6.07, 6.45) is 3.49. The lowest BCUT2D eigenvalue weighted by Gasteiger charge is -2.32.